The number of aromatic nitrogens is 4. The predicted molar refractivity (Wildman–Crippen MR) is 109 cm³/mol. The van der Waals surface area contributed by atoms with Gasteiger partial charge in [-0.25, -0.2) is 4.98 Å². The molecule has 0 bridgehead atoms. The van der Waals surface area contributed by atoms with Crippen LogP contribution in [-0.4, -0.2) is 31.5 Å². The molecule has 0 radical (unpaired) electrons. The van der Waals surface area contributed by atoms with E-state index in [1.165, 1.54) is 6.20 Å². The molecule has 3 rings (SSSR count). The van der Waals surface area contributed by atoms with Crippen molar-refractivity contribution >= 4 is 17.6 Å². The molecule has 0 fully saturated rings. The number of amidine groups is 1. The molecule has 8 heteroatoms. The monoisotopic (exact) mass is 377 g/mol. The highest BCUT2D eigenvalue weighted by Crippen LogP contribution is 2.26. The minimum Gasteiger partial charge on any atom is -0.387 e. The van der Waals surface area contributed by atoms with Crippen LogP contribution < -0.4 is 11.5 Å². The van der Waals surface area contributed by atoms with E-state index in [-0.39, 0.29) is 17.7 Å². The molecule has 3 heterocycles. The van der Waals surface area contributed by atoms with Crippen LogP contribution >= 0.6 is 0 Å². The van der Waals surface area contributed by atoms with E-state index in [4.69, 9.17) is 11.5 Å². The van der Waals surface area contributed by atoms with Gasteiger partial charge in [0, 0.05) is 37.1 Å². The normalized spacial score (nSPS) is 12.9. The Hall–Kier alpha value is -3.55. The molecule has 1 unspecified atom stereocenters. The third-order valence-corrected chi connectivity index (χ3v) is 4.40. The van der Waals surface area contributed by atoms with E-state index in [1.54, 1.807) is 36.4 Å². The van der Waals surface area contributed by atoms with E-state index in [1.807, 2.05) is 32.0 Å². The summed E-state index contributed by atoms with van der Waals surface area (Å²) in [4.78, 5) is 25.0. The van der Waals surface area contributed by atoms with Crippen LogP contribution in [-0.2, 0) is 7.05 Å². The van der Waals surface area contributed by atoms with Gasteiger partial charge in [0.2, 0.25) is 0 Å². The van der Waals surface area contributed by atoms with Gasteiger partial charge >= 0.3 is 0 Å². The summed E-state index contributed by atoms with van der Waals surface area (Å²) < 4.78 is 1.55. The van der Waals surface area contributed by atoms with Crippen molar-refractivity contribution in [3.63, 3.8) is 0 Å². The molecule has 0 spiro atoms. The first-order valence-corrected chi connectivity index (χ1v) is 8.90. The van der Waals surface area contributed by atoms with Crippen molar-refractivity contribution in [3.8, 4) is 11.3 Å². The van der Waals surface area contributed by atoms with Gasteiger partial charge in [0.1, 0.15) is 11.7 Å². The lowest BCUT2D eigenvalue weighted by molar-refractivity contribution is 0.100. The molecule has 0 aliphatic carbocycles. The first-order valence-electron chi connectivity index (χ1n) is 8.90. The number of carbonyl (C=O) groups excluding carboxylic acids is 1. The van der Waals surface area contributed by atoms with Crippen LogP contribution in [0, 0.1) is 5.92 Å². The minimum atomic E-state index is -0.409. The zero-order chi connectivity index (χ0) is 20.3. The second-order valence-electron chi connectivity index (χ2n) is 6.91. The summed E-state index contributed by atoms with van der Waals surface area (Å²) in [5.41, 5.74) is 14.8. The van der Waals surface area contributed by atoms with Crippen LogP contribution in [0.3, 0.4) is 0 Å². The van der Waals surface area contributed by atoms with Gasteiger partial charge in [0.25, 0.3) is 5.91 Å². The third kappa shape index (κ3) is 4.22. The van der Waals surface area contributed by atoms with Crippen molar-refractivity contribution in [2.45, 2.75) is 19.8 Å². The second-order valence-corrected chi connectivity index (χ2v) is 6.91. The number of hydrogen-bond donors (Lipinski definition) is 2. The number of nitrogens with zero attached hydrogens (tertiary/aromatic N) is 5. The highest BCUT2D eigenvalue weighted by Gasteiger charge is 2.22. The maximum absolute atomic E-state index is 12.3. The number of carbonyl (C=O) groups is 1. The molecule has 0 saturated carbocycles. The standard InChI is InChI=1S/C20H23N7O/c1-12(2)18(19(22)26-20(28)15-10-25-27(3)11-15)14-4-6-16(23-9-14)13-5-7-17(21)24-8-13/h4-12,18H,1-3H3,(H2,21,24)(H2,22,26,28). The maximum Gasteiger partial charge on any atom is 0.281 e. The molecule has 3 aromatic heterocycles. The SMILES string of the molecule is CC(C)C(C(N)=NC(=O)c1cnn(C)c1)c1ccc(-c2ccc(N)nc2)nc1. The minimum absolute atomic E-state index is 0.135. The lowest BCUT2D eigenvalue weighted by Gasteiger charge is -2.20. The molecule has 1 amide bonds. The molecular weight excluding hydrogens is 354 g/mol. The van der Waals surface area contributed by atoms with Crippen molar-refractivity contribution in [2.24, 2.45) is 23.7 Å². The van der Waals surface area contributed by atoms with Crippen molar-refractivity contribution < 1.29 is 4.79 Å². The molecule has 8 nitrogen and oxygen atoms in total. The average Bonchev–Trinajstić information content (AvgIpc) is 3.09. The Morgan fingerprint density at radius 1 is 1.11 bits per heavy atom. The summed E-state index contributed by atoms with van der Waals surface area (Å²) in [6.07, 6.45) is 6.52. The molecule has 3 aromatic rings. The Labute approximate surface area is 163 Å². The van der Waals surface area contributed by atoms with Gasteiger partial charge in [-0.05, 0) is 29.7 Å². The molecular formula is C20H23N7O. The number of hydrogen-bond acceptors (Lipinski definition) is 5. The molecule has 0 aliphatic rings. The van der Waals surface area contributed by atoms with Crippen LogP contribution in [0.4, 0.5) is 5.82 Å². The Bertz CT molecular complexity index is 988. The highest BCUT2D eigenvalue weighted by atomic mass is 16.1. The van der Waals surface area contributed by atoms with Gasteiger partial charge in [-0.3, -0.25) is 14.5 Å². The molecule has 0 aliphatic heterocycles. The van der Waals surface area contributed by atoms with Gasteiger partial charge < -0.3 is 11.5 Å². The quantitative estimate of drug-likeness (QED) is 0.519. The summed E-state index contributed by atoms with van der Waals surface area (Å²) >= 11 is 0. The van der Waals surface area contributed by atoms with Crippen molar-refractivity contribution in [3.05, 3.63) is 60.2 Å². The van der Waals surface area contributed by atoms with E-state index >= 15 is 0 Å². The molecule has 1 atom stereocenters. The van der Waals surface area contributed by atoms with Crippen LogP contribution in [0.15, 0.2) is 54.0 Å². The van der Waals surface area contributed by atoms with E-state index in [9.17, 15) is 4.79 Å². The zero-order valence-corrected chi connectivity index (χ0v) is 16.1. The predicted octanol–water partition coefficient (Wildman–Crippen LogP) is 2.40. The van der Waals surface area contributed by atoms with E-state index < -0.39 is 5.91 Å². The van der Waals surface area contributed by atoms with Crippen molar-refractivity contribution in [1.29, 1.82) is 0 Å². The number of aliphatic imine (C=N–C) groups is 1. The lowest BCUT2D eigenvalue weighted by atomic mass is 9.88. The smallest absolute Gasteiger partial charge is 0.281 e. The zero-order valence-electron chi connectivity index (χ0n) is 16.1. The molecule has 144 valence electrons. The Balaban J connectivity index is 1.86. The Morgan fingerprint density at radius 2 is 1.89 bits per heavy atom. The Kier molecular flexibility index (Phi) is 5.49. The maximum atomic E-state index is 12.3. The largest absolute Gasteiger partial charge is 0.387 e. The first-order chi connectivity index (χ1) is 13.3. The average molecular weight is 377 g/mol. The number of anilines is 1. The summed E-state index contributed by atoms with van der Waals surface area (Å²) in [6.45, 7) is 4.05. The summed E-state index contributed by atoms with van der Waals surface area (Å²) in [5, 5.41) is 3.99. The van der Waals surface area contributed by atoms with Gasteiger partial charge in [-0.2, -0.15) is 10.1 Å². The van der Waals surface area contributed by atoms with Crippen LogP contribution in [0.25, 0.3) is 11.3 Å². The molecule has 28 heavy (non-hydrogen) atoms. The lowest BCUT2D eigenvalue weighted by Crippen LogP contribution is -2.27. The van der Waals surface area contributed by atoms with E-state index in [0.29, 0.717) is 11.4 Å². The fourth-order valence-corrected chi connectivity index (χ4v) is 3.00. The number of rotatable bonds is 5. The van der Waals surface area contributed by atoms with Crippen molar-refractivity contribution in [2.75, 3.05) is 5.73 Å². The molecule has 0 saturated heterocycles. The number of nitrogens with two attached hydrogens (primary N) is 2. The van der Waals surface area contributed by atoms with Gasteiger partial charge in [-0.1, -0.05) is 19.9 Å². The summed E-state index contributed by atoms with van der Waals surface area (Å²) in [5.74, 6) is 0.215. The van der Waals surface area contributed by atoms with Crippen molar-refractivity contribution in [1.82, 2.24) is 19.7 Å². The molecule has 0 aromatic carbocycles. The number of pyridine rings is 2. The van der Waals surface area contributed by atoms with Gasteiger partial charge in [-0.15, -0.1) is 0 Å². The highest BCUT2D eigenvalue weighted by molar-refractivity contribution is 6.04. The van der Waals surface area contributed by atoms with Gasteiger partial charge in [0.05, 0.1) is 17.5 Å². The van der Waals surface area contributed by atoms with Crippen LogP contribution in [0.5, 0.6) is 0 Å². The second kappa shape index (κ2) is 7.99. The number of nitrogen functional groups attached to an aromatic ring is 1. The first kappa shape index (κ1) is 19.2. The van der Waals surface area contributed by atoms with E-state index in [2.05, 4.69) is 20.1 Å². The summed E-state index contributed by atoms with van der Waals surface area (Å²) in [7, 11) is 1.74. The Morgan fingerprint density at radius 3 is 2.43 bits per heavy atom. The van der Waals surface area contributed by atoms with E-state index in [0.717, 1.165) is 16.8 Å². The fourth-order valence-electron chi connectivity index (χ4n) is 3.00. The number of aryl methyl sites for hydroxylation is 1. The summed E-state index contributed by atoms with van der Waals surface area (Å²) in [6, 6.07) is 7.44. The van der Waals surface area contributed by atoms with Gasteiger partial charge in [0.15, 0.2) is 0 Å². The fraction of sp³-hybridized carbons (Fsp3) is 0.250. The number of amides is 1. The molecule has 4 N–H and O–H groups in total. The third-order valence-electron chi connectivity index (χ3n) is 4.40. The van der Waals surface area contributed by atoms with Crippen LogP contribution in [0.2, 0.25) is 0 Å². The van der Waals surface area contributed by atoms with Crippen LogP contribution in [0.1, 0.15) is 35.7 Å². The topological polar surface area (TPSA) is 125 Å².